The average Bonchev–Trinajstić information content (AvgIpc) is 2.37. The summed E-state index contributed by atoms with van der Waals surface area (Å²) >= 11 is 0. The van der Waals surface area contributed by atoms with Gasteiger partial charge in [0.1, 0.15) is 19.0 Å². The Bertz CT molecular complexity index is 359. The van der Waals surface area contributed by atoms with Gasteiger partial charge in [-0.2, -0.15) is 0 Å². The van der Waals surface area contributed by atoms with Gasteiger partial charge in [-0.1, -0.05) is 18.8 Å². The minimum atomic E-state index is -0.118. The van der Waals surface area contributed by atoms with Crippen LogP contribution in [0.25, 0.3) is 0 Å². The van der Waals surface area contributed by atoms with E-state index in [0.29, 0.717) is 13.2 Å². The van der Waals surface area contributed by atoms with E-state index in [-0.39, 0.29) is 6.61 Å². The van der Waals surface area contributed by atoms with Crippen LogP contribution in [0.15, 0.2) is 24.3 Å². The van der Waals surface area contributed by atoms with E-state index in [1.54, 1.807) is 0 Å². The van der Waals surface area contributed by atoms with E-state index < -0.39 is 0 Å². The van der Waals surface area contributed by atoms with Crippen molar-refractivity contribution in [1.29, 1.82) is 0 Å². The molecular formula is C14H18O3. The van der Waals surface area contributed by atoms with Crippen LogP contribution < -0.4 is 4.74 Å². The molecule has 1 aromatic rings. The Hall–Kier alpha value is -1.50. The number of ether oxygens (including phenoxy) is 2. The van der Waals surface area contributed by atoms with Crippen molar-refractivity contribution >= 4 is 0 Å². The quantitative estimate of drug-likeness (QED) is 0.603. The Balaban J connectivity index is 2.30. The van der Waals surface area contributed by atoms with Gasteiger partial charge >= 0.3 is 0 Å². The molecule has 0 bridgehead atoms. The van der Waals surface area contributed by atoms with Crippen molar-refractivity contribution in [1.82, 2.24) is 0 Å². The lowest BCUT2D eigenvalue weighted by atomic mass is 10.2. The molecule has 0 aromatic heterocycles. The highest BCUT2D eigenvalue weighted by Gasteiger charge is 1.93. The second-order valence-electron chi connectivity index (χ2n) is 3.45. The lowest BCUT2D eigenvalue weighted by Gasteiger charge is -2.06. The lowest BCUT2D eigenvalue weighted by molar-refractivity contribution is 0.101. The summed E-state index contributed by atoms with van der Waals surface area (Å²) in [6.07, 6.45) is 1.03. The zero-order chi connectivity index (χ0) is 12.3. The van der Waals surface area contributed by atoms with Gasteiger partial charge in [-0.3, -0.25) is 0 Å². The molecule has 0 atom stereocenters. The summed E-state index contributed by atoms with van der Waals surface area (Å²) in [5, 5.41) is 8.56. The Morgan fingerprint density at radius 3 is 2.53 bits per heavy atom. The molecule has 0 spiro atoms. The van der Waals surface area contributed by atoms with Crippen molar-refractivity contribution in [2.45, 2.75) is 13.3 Å². The van der Waals surface area contributed by atoms with Gasteiger partial charge in [0.05, 0.1) is 6.61 Å². The van der Waals surface area contributed by atoms with E-state index in [9.17, 15) is 0 Å². The Kier molecular flexibility index (Phi) is 6.89. The molecule has 0 aliphatic carbocycles. The van der Waals surface area contributed by atoms with Gasteiger partial charge in [0, 0.05) is 12.2 Å². The van der Waals surface area contributed by atoms with Crippen LogP contribution in [0.5, 0.6) is 5.75 Å². The lowest BCUT2D eigenvalue weighted by Crippen LogP contribution is -2.06. The van der Waals surface area contributed by atoms with Crippen LogP contribution in [0.2, 0.25) is 0 Å². The number of aliphatic hydroxyl groups excluding tert-OH is 1. The number of benzene rings is 1. The molecule has 0 aliphatic rings. The van der Waals surface area contributed by atoms with Crippen molar-refractivity contribution in [3.05, 3.63) is 29.8 Å². The monoisotopic (exact) mass is 234 g/mol. The van der Waals surface area contributed by atoms with Gasteiger partial charge < -0.3 is 14.6 Å². The Labute approximate surface area is 102 Å². The number of hydrogen-bond donors (Lipinski definition) is 1. The minimum Gasteiger partial charge on any atom is -0.491 e. The van der Waals surface area contributed by atoms with Crippen molar-refractivity contribution in [3.63, 3.8) is 0 Å². The molecule has 0 unspecified atom stereocenters. The summed E-state index contributed by atoms with van der Waals surface area (Å²) in [5.74, 6) is 6.23. The molecule has 0 saturated carbocycles. The molecule has 17 heavy (non-hydrogen) atoms. The van der Waals surface area contributed by atoms with Gasteiger partial charge in [0.25, 0.3) is 0 Å². The highest BCUT2D eigenvalue weighted by Crippen LogP contribution is 2.11. The van der Waals surface area contributed by atoms with Gasteiger partial charge in [-0.25, -0.2) is 0 Å². The molecule has 0 heterocycles. The molecule has 1 N–H and O–H groups in total. The number of hydrogen-bond acceptors (Lipinski definition) is 3. The fraction of sp³-hybridized carbons (Fsp3) is 0.429. The van der Waals surface area contributed by atoms with Crippen LogP contribution in [-0.4, -0.2) is 31.5 Å². The third-order valence-corrected chi connectivity index (χ3v) is 2.01. The maximum atomic E-state index is 8.56. The Morgan fingerprint density at radius 2 is 1.88 bits per heavy atom. The maximum absolute atomic E-state index is 8.56. The van der Waals surface area contributed by atoms with Crippen LogP contribution in [0.4, 0.5) is 0 Å². The van der Waals surface area contributed by atoms with Crippen molar-refractivity contribution in [2.24, 2.45) is 0 Å². The first-order chi connectivity index (χ1) is 8.36. The summed E-state index contributed by atoms with van der Waals surface area (Å²) < 4.78 is 10.8. The van der Waals surface area contributed by atoms with E-state index in [4.69, 9.17) is 14.6 Å². The second kappa shape index (κ2) is 8.63. The zero-order valence-corrected chi connectivity index (χ0v) is 10.1. The third-order valence-electron chi connectivity index (χ3n) is 2.01. The average molecular weight is 234 g/mol. The molecule has 0 saturated heterocycles. The molecular weight excluding hydrogens is 216 g/mol. The summed E-state index contributed by atoms with van der Waals surface area (Å²) in [7, 11) is 0. The van der Waals surface area contributed by atoms with Crippen LogP contribution in [0.1, 0.15) is 18.9 Å². The van der Waals surface area contributed by atoms with Gasteiger partial charge in [-0.15, -0.1) is 0 Å². The zero-order valence-electron chi connectivity index (χ0n) is 10.1. The van der Waals surface area contributed by atoms with Crippen LogP contribution in [0, 0.1) is 11.8 Å². The standard InChI is InChI=1S/C14H18O3/c1-2-10-16-11-12-17-14-7-5-13(6-8-14)4-3-9-15/h5-8,15H,2,9-12H2,1H3. The molecule has 0 fully saturated rings. The van der Waals surface area contributed by atoms with E-state index >= 15 is 0 Å². The summed E-state index contributed by atoms with van der Waals surface area (Å²) in [5.41, 5.74) is 0.869. The first-order valence-corrected chi connectivity index (χ1v) is 5.77. The second-order valence-corrected chi connectivity index (χ2v) is 3.45. The first kappa shape index (κ1) is 13.6. The molecule has 0 amide bonds. The van der Waals surface area contributed by atoms with E-state index in [1.807, 2.05) is 24.3 Å². The van der Waals surface area contributed by atoms with E-state index in [2.05, 4.69) is 18.8 Å². The van der Waals surface area contributed by atoms with Gasteiger partial charge in [0.2, 0.25) is 0 Å². The van der Waals surface area contributed by atoms with Crippen molar-refractivity contribution in [3.8, 4) is 17.6 Å². The van der Waals surface area contributed by atoms with Crippen molar-refractivity contribution in [2.75, 3.05) is 26.4 Å². The molecule has 1 aromatic carbocycles. The largest absolute Gasteiger partial charge is 0.491 e. The maximum Gasteiger partial charge on any atom is 0.119 e. The van der Waals surface area contributed by atoms with E-state index in [1.165, 1.54) is 0 Å². The first-order valence-electron chi connectivity index (χ1n) is 5.77. The molecule has 0 aliphatic heterocycles. The van der Waals surface area contributed by atoms with Gasteiger partial charge in [-0.05, 0) is 30.7 Å². The summed E-state index contributed by atoms with van der Waals surface area (Å²) in [6.45, 7) is 3.90. The van der Waals surface area contributed by atoms with Crippen LogP contribution >= 0.6 is 0 Å². The van der Waals surface area contributed by atoms with Gasteiger partial charge in [0.15, 0.2) is 0 Å². The molecule has 92 valence electrons. The third kappa shape index (κ3) is 5.96. The van der Waals surface area contributed by atoms with Crippen LogP contribution in [0.3, 0.4) is 0 Å². The Morgan fingerprint density at radius 1 is 1.12 bits per heavy atom. The number of rotatable bonds is 6. The van der Waals surface area contributed by atoms with Crippen LogP contribution in [-0.2, 0) is 4.74 Å². The highest BCUT2D eigenvalue weighted by molar-refractivity contribution is 5.38. The number of aliphatic hydroxyl groups is 1. The predicted molar refractivity (Wildman–Crippen MR) is 67.0 cm³/mol. The molecule has 0 radical (unpaired) electrons. The summed E-state index contributed by atoms with van der Waals surface area (Å²) in [4.78, 5) is 0. The topological polar surface area (TPSA) is 38.7 Å². The fourth-order valence-corrected chi connectivity index (χ4v) is 1.24. The molecule has 3 nitrogen and oxygen atoms in total. The predicted octanol–water partition coefficient (Wildman–Crippen LogP) is 1.84. The minimum absolute atomic E-state index is 0.118. The normalized spacial score (nSPS) is 9.53. The summed E-state index contributed by atoms with van der Waals surface area (Å²) in [6, 6.07) is 7.46. The SMILES string of the molecule is CCCOCCOc1ccc(C#CCO)cc1. The smallest absolute Gasteiger partial charge is 0.119 e. The van der Waals surface area contributed by atoms with Crippen molar-refractivity contribution < 1.29 is 14.6 Å². The molecule has 3 heteroatoms. The highest BCUT2D eigenvalue weighted by atomic mass is 16.5. The molecule has 1 rings (SSSR count). The fourth-order valence-electron chi connectivity index (χ4n) is 1.24. The van der Waals surface area contributed by atoms with E-state index in [0.717, 1.165) is 24.3 Å².